The van der Waals surface area contributed by atoms with Gasteiger partial charge in [0.05, 0.1) is 11.7 Å². The Bertz CT molecular complexity index is 377. The maximum absolute atomic E-state index is 4.81. The van der Waals surface area contributed by atoms with Gasteiger partial charge in [0.15, 0.2) is 0 Å². The number of hydrogen-bond donors (Lipinski definition) is 1. The van der Waals surface area contributed by atoms with Crippen LogP contribution in [-0.4, -0.2) is 22.9 Å². The molecule has 114 valence electrons. The summed E-state index contributed by atoms with van der Waals surface area (Å²) in [5, 5.41) is 8.40. The van der Waals surface area contributed by atoms with Crippen molar-refractivity contribution in [1.82, 2.24) is 15.1 Å². The molecule has 0 aromatic carbocycles. The molecule has 0 aliphatic heterocycles. The van der Waals surface area contributed by atoms with Gasteiger partial charge in [-0.25, -0.2) is 0 Å². The van der Waals surface area contributed by atoms with Gasteiger partial charge in [-0.2, -0.15) is 5.10 Å². The van der Waals surface area contributed by atoms with Crippen molar-refractivity contribution in [1.29, 1.82) is 0 Å². The van der Waals surface area contributed by atoms with Gasteiger partial charge in [0, 0.05) is 6.20 Å². The molecule has 1 saturated carbocycles. The number of hydrogen-bond acceptors (Lipinski definition) is 2. The van der Waals surface area contributed by atoms with Crippen LogP contribution in [0.1, 0.15) is 64.6 Å². The lowest BCUT2D eigenvalue weighted by Gasteiger charge is -2.16. The third kappa shape index (κ3) is 4.62. The average Bonchev–Trinajstić information content (AvgIpc) is 3.07. The maximum atomic E-state index is 4.81. The normalized spacial score (nSPS) is 18.0. The van der Waals surface area contributed by atoms with Gasteiger partial charge in [-0.1, -0.05) is 40.0 Å². The fourth-order valence-electron chi connectivity index (χ4n) is 3.09. The van der Waals surface area contributed by atoms with Crippen molar-refractivity contribution in [2.24, 2.45) is 11.8 Å². The number of nitrogens with one attached hydrogen (secondary N) is 1. The van der Waals surface area contributed by atoms with E-state index >= 15 is 0 Å². The van der Waals surface area contributed by atoms with Crippen molar-refractivity contribution in [3.05, 3.63) is 18.0 Å². The number of rotatable bonds is 8. The average molecular weight is 277 g/mol. The lowest BCUT2D eigenvalue weighted by Crippen LogP contribution is -2.27. The first kappa shape index (κ1) is 15.6. The van der Waals surface area contributed by atoms with E-state index in [9.17, 15) is 0 Å². The smallest absolute Gasteiger partial charge is 0.0627 e. The van der Waals surface area contributed by atoms with Crippen LogP contribution in [0.4, 0.5) is 0 Å². The molecule has 1 heterocycles. The lowest BCUT2D eigenvalue weighted by molar-refractivity contribution is 0.424. The summed E-state index contributed by atoms with van der Waals surface area (Å²) in [6.07, 6.45) is 9.90. The molecule has 1 atom stereocenters. The second-order valence-corrected chi connectivity index (χ2v) is 6.76. The van der Waals surface area contributed by atoms with Crippen LogP contribution in [0.3, 0.4) is 0 Å². The molecule has 20 heavy (non-hydrogen) atoms. The third-order valence-electron chi connectivity index (χ3n) is 4.42. The van der Waals surface area contributed by atoms with E-state index in [0.717, 1.165) is 25.4 Å². The summed E-state index contributed by atoms with van der Waals surface area (Å²) < 4.78 is 2.22. The highest BCUT2D eigenvalue weighted by Crippen LogP contribution is 2.28. The number of nitrogens with zero attached hydrogens (tertiary/aromatic N) is 2. The molecule has 1 aromatic rings. The molecule has 0 amide bonds. The Hall–Kier alpha value is -0.830. The summed E-state index contributed by atoms with van der Waals surface area (Å²) in [7, 11) is 0. The van der Waals surface area contributed by atoms with Gasteiger partial charge in [0.25, 0.3) is 0 Å². The van der Waals surface area contributed by atoms with Crippen LogP contribution < -0.4 is 5.32 Å². The van der Waals surface area contributed by atoms with Crippen molar-refractivity contribution in [2.75, 3.05) is 13.1 Å². The fraction of sp³-hybridized carbons (Fsp3) is 0.824. The summed E-state index contributed by atoms with van der Waals surface area (Å²) in [4.78, 5) is 0. The summed E-state index contributed by atoms with van der Waals surface area (Å²) in [5.74, 6) is 1.44. The molecular formula is C17H31N3. The molecule has 3 heteroatoms. The molecule has 3 nitrogen and oxygen atoms in total. The van der Waals surface area contributed by atoms with Crippen molar-refractivity contribution in [3.63, 3.8) is 0 Å². The van der Waals surface area contributed by atoms with E-state index in [1.165, 1.54) is 37.8 Å². The summed E-state index contributed by atoms with van der Waals surface area (Å²) in [6, 6.07) is 2.89. The summed E-state index contributed by atoms with van der Waals surface area (Å²) >= 11 is 0. The molecule has 0 radical (unpaired) electrons. The van der Waals surface area contributed by atoms with Crippen molar-refractivity contribution >= 4 is 0 Å². The predicted octanol–water partition coefficient (Wildman–Crippen LogP) is 3.81. The summed E-state index contributed by atoms with van der Waals surface area (Å²) in [5.41, 5.74) is 1.27. The van der Waals surface area contributed by atoms with Crippen molar-refractivity contribution in [3.8, 4) is 0 Å². The van der Waals surface area contributed by atoms with Crippen LogP contribution in [0, 0.1) is 11.8 Å². The van der Waals surface area contributed by atoms with Gasteiger partial charge in [-0.05, 0) is 50.3 Å². The Balaban J connectivity index is 1.81. The van der Waals surface area contributed by atoms with E-state index in [1.807, 2.05) is 0 Å². The quantitative estimate of drug-likeness (QED) is 0.783. The lowest BCUT2D eigenvalue weighted by atomic mass is 10.0. The van der Waals surface area contributed by atoms with Gasteiger partial charge in [0.1, 0.15) is 0 Å². The zero-order valence-electron chi connectivity index (χ0n) is 13.4. The number of aromatic nitrogens is 2. The molecule has 1 aliphatic rings. The molecular weight excluding hydrogens is 246 g/mol. The zero-order chi connectivity index (χ0) is 14.4. The van der Waals surface area contributed by atoms with Gasteiger partial charge in [-0.3, -0.25) is 4.68 Å². The maximum Gasteiger partial charge on any atom is 0.0627 e. The van der Waals surface area contributed by atoms with E-state index in [4.69, 9.17) is 5.10 Å². The van der Waals surface area contributed by atoms with Crippen LogP contribution in [0.5, 0.6) is 0 Å². The third-order valence-corrected chi connectivity index (χ3v) is 4.42. The van der Waals surface area contributed by atoms with E-state index < -0.39 is 0 Å². The zero-order valence-corrected chi connectivity index (χ0v) is 13.4. The Morgan fingerprint density at radius 3 is 2.70 bits per heavy atom. The second kappa shape index (κ2) is 7.82. The minimum atomic E-state index is 0.669. The van der Waals surface area contributed by atoms with E-state index in [-0.39, 0.29) is 0 Å². The predicted molar refractivity (Wildman–Crippen MR) is 84.9 cm³/mol. The molecule has 0 saturated heterocycles. The topological polar surface area (TPSA) is 29.9 Å². The Morgan fingerprint density at radius 1 is 1.30 bits per heavy atom. The molecule has 0 spiro atoms. The first-order chi connectivity index (χ1) is 9.69. The van der Waals surface area contributed by atoms with E-state index in [1.54, 1.807) is 0 Å². The first-order valence-corrected chi connectivity index (χ1v) is 8.43. The van der Waals surface area contributed by atoms with Gasteiger partial charge >= 0.3 is 0 Å². The monoisotopic (exact) mass is 277 g/mol. The van der Waals surface area contributed by atoms with Crippen LogP contribution in [-0.2, 0) is 6.42 Å². The molecule has 0 bridgehead atoms. The Labute approximate surface area is 124 Å². The molecule has 1 fully saturated rings. The van der Waals surface area contributed by atoms with Gasteiger partial charge in [0.2, 0.25) is 0 Å². The molecule has 1 aliphatic carbocycles. The van der Waals surface area contributed by atoms with Crippen LogP contribution in [0.2, 0.25) is 0 Å². The second-order valence-electron chi connectivity index (χ2n) is 6.76. The molecule has 1 aromatic heterocycles. The Morgan fingerprint density at radius 2 is 2.05 bits per heavy atom. The molecule has 2 rings (SSSR count). The van der Waals surface area contributed by atoms with E-state index in [0.29, 0.717) is 12.0 Å². The van der Waals surface area contributed by atoms with Gasteiger partial charge < -0.3 is 5.32 Å². The highest BCUT2D eigenvalue weighted by molar-refractivity contribution is 5.01. The minimum absolute atomic E-state index is 0.669. The van der Waals surface area contributed by atoms with Crippen molar-refractivity contribution < 1.29 is 0 Å². The largest absolute Gasteiger partial charge is 0.316 e. The van der Waals surface area contributed by atoms with E-state index in [2.05, 4.69) is 43.0 Å². The highest BCUT2D eigenvalue weighted by atomic mass is 15.3. The fourth-order valence-corrected chi connectivity index (χ4v) is 3.09. The van der Waals surface area contributed by atoms with Crippen molar-refractivity contribution in [2.45, 2.75) is 65.3 Å². The standard InChI is InChI=1S/C17H31N3/c1-4-15(13-18-12-14(2)3)11-16-9-10-20(19-16)17-7-5-6-8-17/h9-10,14-15,17-18H,4-8,11-13H2,1-3H3. The SMILES string of the molecule is CCC(CNCC(C)C)Cc1ccn(C2CCCC2)n1. The Kier molecular flexibility index (Phi) is 6.08. The molecule has 1 unspecified atom stereocenters. The molecule has 1 N–H and O–H groups in total. The van der Waals surface area contributed by atoms with Crippen LogP contribution in [0.25, 0.3) is 0 Å². The van der Waals surface area contributed by atoms with Crippen LogP contribution in [0.15, 0.2) is 12.3 Å². The summed E-state index contributed by atoms with van der Waals surface area (Å²) in [6.45, 7) is 9.04. The minimum Gasteiger partial charge on any atom is -0.316 e. The first-order valence-electron chi connectivity index (χ1n) is 8.43. The van der Waals surface area contributed by atoms with Crippen LogP contribution >= 0.6 is 0 Å². The van der Waals surface area contributed by atoms with Gasteiger partial charge in [-0.15, -0.1) is 0 Å². The highest BCUT2D eigenvalue weighted by Gasteiger charge is 2.18.